The summed E-state index contributed by atoms with van der Waals surface area (Å²) in [6.07, 6.45) is 1.40. The van der Waals surface area contributed by atoms with Gasteiger partial charge in [0.05, 0.1) is 17.9 Å². The number of nitrogens with two attached hydrogens (primary N) is 1. The van der Waals surface area contributed by atoms with Crippen LogP contribution in [-0.4, -0.2) is 24.7 Å². The Morgan fingerprint density at radius 1 is 1.29 bits per heavy atom. The lowest BCUT2D eigenvalue weighted by Gasteiger charge is -2.04. The van der Waals surface area contributed by atoms with E-state index in [1.54, 1.807) is 0 Å². The molecule has 3 aromatic rings. The Kier molecular flexibility index (Phi) is 3.26. The first-order valence-corrected chi connectivity index (χ1v) is 6.37. The highest BCUT2D eigenvalue weighted by Gasteiger charge is 2.09. The smallest absolute Gasteiger partial charge is 0.254 e. The third-order valence-electron chi connectivity index (χ3n) is 3.15. The van der Waals surface area contributed by atoms with E-state index in [0.717, 1.165) is 11.1 Å². The highest BCUT2D eigenvalue weighted by atomic mass is 16.3. The first-order valence-electron chi connectivity index (χ1n) is 6.37. The van der Waals surface area contributed by atoms with E-state index in [1.165, 1.54) is 10.8 Å². The van der Waals surface area contributed by atoms with Gasteiger partial charge in [0.1, 0.15) is 12.1 Å². The lowest BCUT2D eigenvalue weighted by atomic mass is 10.1. The van der Waals surface area contributed by atoms with Crippen LogP contribution in [0.1, 0.15) is 22.4 Å². The Labute approximate surface area is 121 Å². The van der Waals surface area contributed by atoms with Crippen molar-refractivity contribution >= 4 is 11.6 Å². The van der Waals surface area contributed by atoms with Gasteiger partial charge in [-0.05, 0) is 18.6 Å². The average molecular weight is 279 g/mol. The average Bonchev–Trinajstić information content (AvgIpc) is 2.95. The van der Waals surface area contributed by atoms with Crippen molar-refractivity contribution in [1.29, 1.82) is 0 Å². The molecule has 0 unspecified atom stereocenters. The lowest BCUT2D eigenvalue weighted by Crippen LogP contribution is -2.06. The fourth-order valence-electron chi connectivity index (χ4n) is 2.04. The topological polar surface area (TPSA) is 89.3 Å². The van der Waals surface area contributed by atoms with Gasteiger partial charge >= 0.3 is 0 Å². The number of aliphatic hydroxyl groups excluding tert-OH is 1. The molecule has 0 aliphatic carbocycles. The molecule has 0 aliphatic rings. The predicted molar refractivity (Wildman–Crippen MR) is 78.3 cm³/mol. The maximum Gasteiger partial charge on any atom is 0.254 e. The number of benzene rings is 1. The van der Waals surface area contributed by atoms with E-state index in [1.807, 2.05) is 31.2 Å². The van der Waals surface area contributed by atoms with Crippen LogP contribution in [0, 0.1) is 18.8 Å². The van der Waals surface area contributed by atoms with Crippen LogP contribution in [0.25, 0.3) is 5.78 Å². The molecule has 3 rings (SSSR count). The van der Waals surface area contributed by atoms with Crippen LogP contribution in [0.4, 0.5) is 5.82 Å². The molecule has 0 fully saturated rings. The second-order valence-corrected chi connectivity index (χ2v) is 4.49. The molecule has 104 valence electrons. The van der Waals surface area contributed by atoms with Crippen LogP contribution < -0.4 is 5.73 Å². The van der Waals surface area contributed by atoms with Crippen molar-refractivity contribution in [2.24, 2.45) is 0 Å². The van der Waals surface area contributed by atoms with E-state index in [0.29, 0.717) is 22.9 Å². The van der Waals surface area contributed by atoms with E-state index in [9.17, 15) is 5.11 Å². The summed E-state index contributed by atoms with van der Waals surface area (Å²) >= 11 is 0. The zero-order valence-electron chi connectivity index (χ0n) is 11.4. The van der Waals surface area contributed by atoms with Crippen molar-refractivity contribution in [3.8, 4) is 11.8 Å². The SMILES string of the molecule is Cc1nc2ncnn2c(N)c1C#Cc1ccccc1CO. The summed E-state index contributed by atoms with van der Waals surface area (Å²) in [5.74, 6) is 6.90. The molecule has 2 heterocycles. The number of aromatic nitrogens is 4. The van der Waals surface area contributed by atoms with Crippen molar-refractivity contribution in [3.63, 3.8) is 0 Å². The minimum absolute atomic E-state index is 0.0559. The molecule has 0 saturated heterocycles. The van der Waals surface area contributed by atoms with Gasteiger partial charge in [0, 0.05) is 5.56 Å². The Morgan fingerprint density at radius 3 is 2.90 bits per heavy atom. The van der Waals surface area contributed by atoms with E-state index in [2.05, 4.69) is 26.9 Å². The molecule has 2 aromatic heterocycles. The molecule has 0 radical (unpaired) electrons. The van der Waals surface area contributed by atoms with Gasteiger partial charge in [0.2, 0.25) is 0 Å². The summed E-state index contributed by atoms with van der Waals surface area (Å²) in [6.45, 7) is 1.77. The van der Waals surface area contributed by atoms with E-state index in [4.69, 9.17) is 5.73 Å². The normalized spacial score (nSPS) is 10.4. The standard InChI is InChI=1S/C15H13N5O/c1-10-13(14(16)20-15(19-10)17-9-18-20)7-6-11-4-2-3-5-12(11)8-21/h2-5,9,21H,8,16H2,1H3. The molecule has 1 aromatic carbocycles. The quantitative estimate of drug-likeness (QED) is 0.646. The number of fused-ring (bicyclic) bond motifs is 1. The van der Waals surface area contributed by atoms with Crippen LogP contribution in [0.3, 0.4) is 0 Å². The highest BCUT2D eigenvalue weighted by Crippen LogP contribution is 2.15. The molecular formula is C15H13N5O. The number of aryl methyl sites for hydroxylation is 1. The zero-order valence-corrected chi connectivity index (χ0v) is 11.4. The predicted octanol–water partition coefficient (Wildman–Crippen LogP) is 0.907. The van der Waals surface area contributed by atoms with Crippen LogP contribution in [0.2, 0.25) is 0 Å². The maximum absolute atomic E-state index is 9.31. The number of nitrogen functional groups attached to an aromatic ring is 1. The Bertz CT molecular complexity index is 873. The van der Waals surface area contributed by atoms with Crippen molar-refractivity contribution in [2.75, 3.05) is 5.73 Å². The van der Waals surface area contributed by atoms with E-state index >= 15 is 0 Å². The number of nitrogens with zero attached hydrogens (tertiary/aromatic N) is 4. The number of anilines is 1. The summed E-state index contributed by atoms with van der Waals surface area (Å²) < 4.78 is 1.45. The van der Waals surface area contributed by atoms with E-state index in [-0.39, 0.29) is 6.61 Å². The molecule has 0 bridgehead atoms. The molecule has 0 amide bonds. The van der Waals surface area contributed by atoms with Crippen LogP contribution in [-0.2, 0) is 6.61 Å². The first kappa shape index (κ1) is 13.1. The van der Waals surface area contributed by atoms with Gasteiger partial charge in [0.15, 0.2) is 0 Å². The highest BCUT2D eigenvalue weighted by molar-refractivity contribution is 5.59. The van der Waals surface area contributed by atoms with Gasteiger partial charge in [-0.2, -0.15) is 14.6 Å². The summed E-state index contributed by atoms with van der Waals surface area (Å²) in [6, 6.07) is 7.42. The maximum atomic E-state index is 9.31. The molecular weight excluding hydrogens is 266 g/mol. The number of hydrogen-bond acceptors (Lipinski definition) is 5. The molecule has 0 atom stereocenters. The largest absolute Gasteiger partial charge is 0.392 e. The minimum Gasteiger partial charge on any atom is -0.392 e. The van der Waals surface area contributed by atoms with Gasteiger partial charge in [-0.3, -0.25) is 0 Å². The molecule has 21 heavy (non-hydrogen) atoms. The second-order valence-electron chi connectivity index (χ2n) is 4.49. The first-order chi connectivity index (χ1) is 10.2. The Morgan fingerprint density at radius 2 is 2.10 bits per heavy atom. The molecule has 0 spiro atoms. The van der Waals surface area contributed by atoms with E-state index < -0.39 is 0 Å². The fraction of sp³-hybridized carbons (Fsp3) is 0.133. The van der Waals surface area contributed by atoms with Crippen LogP contribution in [0.15, 0.2) is 30.6 Å². The third kappa shape index (κ3) is 2.30. The number of rotatable bonds is 1. The molecule has 6 heteroatoms. The minimum atomic E-state index is -0.0559. The molecule has 3 N–H and O–H groups in total. The van der Waals surface area contributed by atoms with Crippen LogP contribution >= 0.6 is 0 Å². The number of hydrogen-bond donors (Lipinski definition) is 2. The Hall–Kier alpha value is -2.91. The molecule has 0 saturated carbocycles. The number of aliphatic hydroxyl groups is 1. The molecule has 0 aliphatic heterocycles. The van der Waals surface area contributed by atoms with Crippen LogP contribution in [0.5, 0.6) is 0 Å². The summed E-state index contributed by atoms with van der Waals surface area (Å²) in [5, 5.41) is 13.3. The lowest BCUT2D eigenvalue weighted by molar-refractivity contribution is 0.281. The molecule has 6 nitrogen and oxygen atoms in total. The Balaban J connectivity index is 2.12. The fourth-order valence-corrected chi connectivity index (χ4v) is 2.04. The van der Waals surface area contributed by atoms with Gasteiger partial charge in [-0.25, -0.2) is 4.98 Å². The third-order valence-corrected chi connectivity index (χ3v) is 3.15. The summed E-state index contributed by atoms with van der Waals surface area (Å²) in [5.41, 5.74) is 8.91. The van der Waals surface area contributed by atoms with Crippen molar-refractivity contribution in [1.82, 2.24) is 19.6 Å². The monoisotopic (exact) mass is 279 g/mol. The van der Waals surface area contributed by atoms with Gasteiger partial charge < -0.3 is 10.8 Å². The van der Waals surface area contributed by atoms with Gasteiger partial charge in [-0.1, -0.05) is 30.0 Å². The zero-order chi connectivity index (χ0) is 14.8. The summed E-state index contributed by atoms with van der Waals surface area (Å²) in [4.78, 5) is 8.32. The summed E-state index contributed by atoms with van der Waals surface area (Å²) in [7, 11) is 0. The van der Waals surface area contributed by atoms with Gasteiger partial charge in [-0.15, -0.1) is 0 Å². The van der Waals surface area contributed by atoms with Crippen molar-refractivity contribution in [2.45, 2.75) is 13.5 Å². The van der Waals surface area contributed by atoms with Crippen molar-refractivity contribution in [3.05, 3.63) is 53.0 Å². The van der Waals surface area contributed by atoms with Crippen molar-refractivity contribution < 1.29 is 5.11 Å². The van der Waals surface area contributed by atoms with Gasteiger partial charge in [0.25, 0.3) is 5.78 Å². The second kappa shape index (κ2) is 5.23.